The lowest BCUT2D eigenvalue weighted by Crippen LogP contribution is -2.28. The molecule has 1 atom stereocenters. The predicted molar refractivity (Wildman–Crippen MR) is 97.9 cm³/mol. The highest BCUT2D eigenvalue weighted by Gasteiger charge is 2.18. The van der Waals surface area contributed by atoms with Crippen molar-refractivity contribution in [3.05, 3.63) is 71.3 Å². The summed E-state index contributed by atoms with van der Waals surface area (Å²) in [6.07, 6.45) is 1.86. The maximum Gasteiger partial charge on any atom is 0.269 e. The Morgan fingerprint density at radius 3 is 2.81 bits per heavy atom. The van der Waals surface area contributed by atoms with E-state index >= 15 is 0 Å². The van der Waals surface area contributed by atoms with Gasteiger partial charge in [0.2, 0.25) is 0 Å². The molecular formula is C18H15ClN6O. The van der Waals surface area contributed by atoms with Gasteiger partial charge < -0.3 is 5.32 Å². The fourth-order valence-corrected chi connectivity index (χ4v) is 2.83. The third-order valence-electron chi connectivity index (χ3n) is 4.04. The molecule has 8 heteroatoms. The Hall–Kier alpha value is -3.19. The van der Waals surface area contributed by atoms with Crippen molar-refractivity contribution in [1.29, 1.82) is 0 Å². The molecule has 4 aromatic rings. The average molecular weight is 367 g/mol. The van der Waals surface area contributed by atoms with Crippen molar-refractivity contribution in [2.75, 3.05) is 0 Å². The van der Waals surface area contributed by atoms with Gasteiger partial charge in [-0.2, -0.15) is 5.10 Å². The standard InChI is InChI=1S/C18H15ClN6O/c1-11(17-24-23-16-4-2-3-9-25(16)17)20-18(26)15-10-14(21-22-15)12-5-7-13(19)8-6-12/h2-11H,1H3,(H,20,26)(H,21,22). The summed E-state index contributed by atoms with van der Waals surface area (Å²) < 4.78 is 1.84. The van der Waals surface area contributed by atoms with Crippen LogP contribution in [0, 0.1) is 0 Å². The van der Waals surface area contributed by atoms with E-state index in [4.69, 9.17) is 11.6 Å². The van der Waals surface area contributed by atoms with Crippen LogP contribution in [-0.2, 0) is 0 Å². The smallest absolute Gasteiger partial charge is 0.269 e. The molecule has 0 fully saturated rings. The van der Waals surface area contributed by atoms with E-state index in [9.17, 15) is 4.79 Å². The number of nitrogens with one attached hydrogen (secondary N) is 2. The van der Waals surface area contributed by atoms with Crippen LogP contribution in [0.5, 0.6) is 0 Å². The van der Waals surface area contributed by atoms with E-state index in [0.29, 0.717) is 22.2 Å². The van der Waals surface area contributed by atoms with Crippen LogP contribution in [0.3, 0.4) is 0 Å². The van der Waals surface area contributed by atoms with Gasteiger partial charge in [0.1, 0.15) is 5.69 Å². The first-order chi connectivity index (χ1) is 12.6. The quantitative estimate of drug-likeness (QED) is 0.580. The molecule has 3 heterocycles. The Morgan fingerprint density at radius 1 is 1.19 bits per heavy atom. The van der Waals surface area contributed by atoms with Gasteiger partial charge in [-0.3, -0.25) is 14.3 Å². The number of amides is 1. The second-order valence-electron chi connectivity index (χ2n) is 5.86. The van der Waals surface area contributed by atoms with E-state index in [1.54, 1.807) is 18.2 Å². The van der Waals surface area contributed by atoms with Crippen molar-refractivity contribution in [2.45, 2.75) is 13.0 Å². The summed E-state index contributed by atoms with van der Waals surface area (Å²) in [7, 11) is 0. The number of fused-ring (bicyclic) bond motifs is 1. The molecule has 0 aliphatic heterocycles. The third kappa shape index (κ3) is 3.04. The molecule has 0 bridgehead atoms. The molecule has 0 spiro atoms. The summed E-state index contributed by atoms with van der Waals surface area (Å²) in [4.78, 5) is 12.5. The van der Waals surface area contributed by atoms with Gasteiger partial charge in [0, 0.05) is 16.8 Å². The van der Waals surface area contributed by atoms with Gasteiger partial charge in [-0.1, -0.05) is 29.8 Å². The summed E-state index contributed by atoms with van der Waals surface area (Å²) in [6.45, 7) is 1.86. The molecule has 26 heavy (non-hydrogen) atoms. The topological polar surface area (TPSA) is 88.0 Å². The lowest BCUT2D eigenvalue weighted by atomic mass is 10.1. The monoisotopic (exact) mass is 366 g/mol. The van der Waals surface area contributed by atoms with Gasteiger partial charge in [-0.05, 0) is 37.3 Å². The highest BCUT2D eigenvalue weighted by atomic mass is 35.5. The van der Waals surface area contributed by atoms with Crippen molar-refractivity contribution in [1.82, 2.24) is 30.1 Å². The number of H-pyrrole nitrogens is 1. The van der Waals surface area contributed by atoms with Crippen LogP contribution >= 0.6 is 11.6 Å². The second kappa shape index (κ2) is 6.61. The molecule has 7 nitrogen and oxygen atoms in total. The molecule has 0 aliphatic carbocycles. The Kier molecular flexibility index (Phi) is 4.14. The van der Waals surface area contributed by atoms with Gasteiger partial charge in [0.25, 0.3) is 5.91 Å². The van der Waals surface area contributed by atoms with Gasteiger partial charge in [0.15, 0.2) is 11.5 Å². The highest BCUT2D eigenvalue weighted by molar-refractivity contribution is 6.30. The number of aromatic nitrogens is 5. The van der Waals surface area contributed by atoms with Gasteiger partial charge in [0.05, 0.1) is 11.7 Å². The van der Waals surface area contributed by atoms with Crippen molar-refractivity contribution in [2.24, 2.45) is 0 Å². The minimum Gasteiger partial charge on any atom is -0.341 e. The Labute approximate surface area is 154 Å². The molecule has 0 saturated heterocycles. The normalized spacial score (nSPS) is 12.2. The fourth-order valence-electron chi connectivity index (χ4n) is 2.70. The summed E-state index contributed by atoms with van der Waals surface area (Å²) in [6, 6.07) is 14.3. The highest BCUT2D eigenvalue weighted by Crippen LogP contribution is 2.20. The fraction of sp³-hybridized carbons (Fsp3) is 0.111. The second-order valence-corrected chi connectivity index (χ2v) is 6.29. The zero-order valence-corrected chi connectivity index (χ0v) is 14.6. The molecule has 0 aliphatic rings. The lowest BCUT2D eigenvalue weighted by Gasteiger charge is -2.11. The van der Waals surface area contributed by atoms with Crippen LogP contribution in [0.1, 0.15) is 29.3 Å². The first-order valence-electron chi connectivity index (χ1n) is 8.04. The molecule has 2 N–H and O–H groups in total. The van der Waals surface area contributed by atoms with Crippen molar-refractivity contribution < 1.29 is 4.79 Å². The minimum atomic E-state index is -0.317. The van der Waals surface area contributed by atoms with E-state index < -0.39 is 0 Å². The maximum absolute atomic E-state index is 12.5. The number of aromatic amines is 1. The molecule has 4 rings (SSSR count). The molecule has 1 unspecified atom stereocenters. The number of benzene rings is 1. The first-order valence-corrected chi connectivity index (χ1v) is 8.41. The summed E-state index contributed by atoms with van der Waals surface area (Å²) in [5.74, 6) is 0.393. The molecule has 130 valence electrons. The van der Waals surface area contributed by atoms with Gasteiger partial charge in [-0.15, -0.1) is 10.2 Å². The van der Waals surface area contributed by atoms with Crippen molar-refractivity contribution >= 4 is 23.2 Å². The number of nitrogens with zero attached hydrogens (tertiary/aromatic N) is 4. The van der Waals surface area contributed by atoms with E-state index in [-0.39, 0.29) is 11.9 Å². The lowest BCUT2D eigenvalue weighted by molar-refractivity contribution is 0.0933. The minimum absolute atomic E-state index is 0.266. The van der Waals surface area contributed by atoms with Gasteiger partial charge in [-0.25, -0.2) is 0 Å². The largest absolute Gasteiger partial charge is 0.341 e. The zero-order chi connectivity index (χ0) is 18.1. The number of carbonyl (C=O) groups excluding carboxylic acids is 1. The van der Waals surface area contributed by atoms with Crippen molar-refractivity contribution in [3.63, 3.8) is 0 Å². The molecule has 1 amide bonds. The zero-order valence-electron chi connectivity index (χ0n) is 13.8. The van der Waals surface area contributed by atoms with E-state index in [0.717, 1.165) is 11.2 Å². The number of hydrogen-bond acceptors (Lipinski definition) is 4. The third-order valence-corrected chi connectivity index (χ3v) is 4.29. The summed E-state index contributed by atoms with van der Waals surface area (Å²) >= 11 is 5.90. The van der Waals surface area contributed by atoms with Crippen LogP contribution in [0.2, 0.25) is 5.02 Å². The number of hydrogen-bond donors (Lipinski definition) is 2. The molecule has 0 saturated carbocycles. The van der Waals surface area contributed by atoms with E-state index in [1.165, 1.54) is 0 Å². The van der Waals surface area contributed by atoms with Crippen LogP contribution in [0.25, 0.3) is 16.9 Å². The van der Waals surface area contributed by atoms with Crippen LogP contribution in [0.15, 0.2) is 54.7 Å². The molecule has 3 aromatic heterocycles. The molecule has 1 aromatic carbocycles. The SMILES string of the molecule is CC(NC(=O)c1cc(-c2ccc(Cl)cc2)n[nH]1)c1nnc2ccccn12. The van der Waals surface area contributed by atoms with Crippen LogP contribution < -0.4 is 5.32 Å². The van der Waals surface area contributed by atoms with E-state index in [1.807, 2.05) is 47.9 Å². The van der Waals surface area contributed by atoms with Crippen LogP contribution in [0.4, 0.5) is 0 Å². The Bertz CT molecular complexity index is 1070. The Morgan fingerprint density at radius 2 is 2.00 bits per heavy atom. The summed E-state index contributed by atoms with van der Waals surface area (Å²) in [5, 5.41) is 18.8. The van der Waals surface area contributed by atoms with E-state index in [2.05, 4.69) is 25.7 Å². The average Bonchev–Trinajstić information content (AvgIpc) is 3.30. The van der Waals surface area contributed by atoms with Gasteiger partial charge >= 0.3 is 0 Å². The number of carbonyl (C=O) groups is 1. The predicted octanol–water partition coefficient (Wildman–Crippen LogP) is 3.26. The maximum atomic E-state index is 12.5. The Balaban J connectivity index is 1.52. The first kappa shape index (κ1) is 16.3. The number of rotatable bonds is 4. The van der Waals surface area contributed by atoms with Crippen molar-refractivity contribution in [3.8, 4) is 11.3 Å². The molecule has 0 radical (unpaired) electrons. The number of halogens is 1. The molecular weight excluding hydrogens is 352 g/mol. The number of pyridine rings is 1. The summed E-state index contributed by atoms with van der Waals surface area (Å²) in [5.41, 5.74) is 2.65. The van der Waals surface area contributed by atoms with Crippen LogP contribution in [-0.4, -0.2) is 30.7 Å².